The predicted molar refractivity (Wildman–Crippen MR) is 79.4 cm³/mol. The molecule has 0 aliphatic rings. The van der Waals surface area contributed by atoms with Gasteiger partial charge >= 0.3 is 5.97 Å². The van der Waals surface area contributed by atoms with Crippen molar-refractivity contribution in [2.24, 2.45) is 5.92 Å². The molecule has 4 heteroatoms. The Labute approximate surface area is 115 Å². The SMILES string of the molecule is CCC(CC)C(C)Nc1cc(C(=O)OC)ccc1N. The van der Waals surface area contributed by atoms with Crippen LogP contribution in [0.25, 0.3) is 0 Å². The van der Waals surface area contributed by atoms with Crippen molar-refractivity contribution >= 4 is 17.3 Å². The van der Waals surface area contributed by atoms with Gasteiger partial charge in [0, 0.05) is 6.04 Å². The van der Waals surface area contributed by atoms with Crippen LogP contribution in [0.1, 0.15) is 44.0 Å². The molecular weight excluding hydrogens is 240 g/mol. The summed E-state index contributed by atoms with van der Waals surface area (Å²) in [6.07, 6.45) is 2.22. The van der Waals surface area contributed by atoms with Crippen LogP contribution in [-0.2, 0) is 4.74 Å². The third-order valence-electron chi connectivity index (χ3n) is 3.61. The molecular formula is C15H24N2O2. The second kappa shape index (κ2) is 7.02. The van der Waals surface area contributed by atoms with Gasteiger partial charge in [-0.3, -0.25) is 0 Å². The van der Waals surface area contributed by atoms with E-state index in [4.69, 9.17) is 10.5 Å². The van der Waals surface area contributed by atoms with Crippen molar-refractivity contribution in [1.29, 1.82) is 0 Å². The van der Waals surface area contributed by atoms with Crippen LogP contribution in [0.15, 0.2) is 18.2 Å². The van der Waals surface area contributed by atoms with Crippen LogP contribution in [-0.4, -0.2) is 19.1 Å². The van der Waals surface area contributed by atoms with Crippen molar-refractivity contribution in [1.82, 2.24) is 0 Å². The second-order valence-electron chi connectivity index (χ2n) is 4.80. The summed E-state index contributed by atoms with van der Waals surface area (Å²) in [4.78, 5) is 11.5. The van der Waals surface area contributed by atoms with E-state index >= 15 is 0 Å². The second-order valence-corrected chi connectivity index (χ2v) is 4.80. The quantitative estimate of drug-likeness (QED) is 0.611. The molecule has 1 aromatic rings. The molecule has 0 radical (unpaired) electrons. The summed E-state index contributed by atoms with van der Waals surface area (Å²) in [7, 11) is 1.37. The van der Waals surface area contributed by atoms with Gasteiger partial charge in [-0.05, 0) is 31.0 Å². The van der Waals surface area contributed by atoms with E-state index in [1.54, 1.807) is 18.2 Å². The molecule has 19 heavy (non-hydrogen) atoms. The number of methoxy groups -OCH3 is 1. The van der Waals surface area contributed by atoms with Crippen molar-refractivity contribution in [2.45, 2.75) is 39.7 Å². The van der Waals surface area contributed by atoms with Gasteiger partial charge in [-0.1, -0.05) is 26.7 Å². The third kappa shape index (κ3) is 3.88. The van der Waals surface area contributed by atoms with Crippen molar-refractivity contribution in [3.63, 3.8) is 0 Å². The number of nitrogen functional groups attached to an aromatic ring is 1. The van der Waals surface area contributed by atoms with Gasteiger partial charge in [0.15, 0.2) is 0 Å². The van der Waals surface area contributed by atoms with Crippen LogP contribution in [0.2, 0.25) is 0 Å². The van der Waals surface area contributed by atoms with E-state index in [1.165, 1.54) is 7.11 Å². The molecule has 1 atom stereocenters. The number of esters is 1. The first-order valence-electron chi connectivity index (χ1n) is 6.77. The van der Waals surface area contributed by atoms with E-state index in [2.05, 4.69) is 26.1 Å². The van der Waals surface area contributed by atoms with Crippen LogP contribution in [0.5, 0.6) is 0 Å². The Kier molecular flexibility index (Phi) is 5.67. The Morgan fingerprint density at radius 2 is 2.00 bits per heavy atom. The summed E-state index contributed by atoms with van der Waals surface area (Å²) in [6.45, 7) is 6.50. The molecule has 0 heterocycles. The van der Waals surface area contributed by atoms with E-state index in [0.717, 1.165) is 18.5 Å². The van der Waals surface area contributed by atoms with Crippen LogP contribution >= 0.6 is 0 Å². The molecule has 0 aromatic heterocycles. The first kappa shape index (κ1) is 15.3. The molecule has 106 valence electrons. The van der Waals surface area contributed by atoms with Crippen molar-refractivity contribution < 1.29 is 9.53 Å². The normalized spacial score (nSPS) is 12.3. The maximum Gasteiger partial charge on any atom is 0.337 e. The highest BCUT2D eigenvalue weighted by atomic mass is 16.5. The first-order valence-corrected chi connectivity index (χ1v) is 6.77. The van der Waals surface area contributed by atoms with E-state index in [9.17, 15) is 4.79 Å². The van der Waals surface area contributed by atoms with E-state index in [1.807, 2.05) is 0 Å². The zero-order valence-electron chi connectivity index (χ0n) is 12.2. The predicted octanol–water partition coefficient (Wildman–Crippen LogP) is 3.29. The Morgan fingerprint density at radius 3 is 2.53 bits per heavy atom. The molecule has 1 rings (SSSR count). The molecule has 0 aliphatic heterocycles. The lowest BCUT2D eigenvalue weighted by Gasteiger charge is -2.24. The van der Waals surface area contributed by atoms with E-state index < -0.39 is 0 Å². The highest BCUT2D eigenvalue weighted by Crippen LogP contribution is 2.24. The van der Waals surface area contributed by atoms with Gasteiger partial charge in [-0.25, -0.2) is 4.79 Å². The first-order chi connectivity index (χ1) is 9.03. The van der Waals surface area contributed by atoms with Crippen LogP contribution in [0.3, 0.4) is 0 Å². The lowest BCUT2D eigenvalue weighted by molar-refractivity contribution is 0.0601. The van der Waals surface area contributed by atoms with Gasteiger partial charge in [-0.2, -0.15) is 0 Å². The number of ether oxygens (including phenoxy) is 1. The van der Waals surface area contributed by atoms with Crippen LogP contribution in [0, 0.1) is 5.92 Å². The van der Waals surface area contributed by atoms with Crippen molar-refractivity contribution in [3.8, 4) is 0 Å². The number of rotatable bonds is 6. The largest absolute Gasteiger partial charge is 0.465 e. The number of anilines is 2. The lowest BCUT2D eigenvalue weighted by Crippen LogP contribution is -2.25. The Balaban J connectivity index is 2.90. The lowest BCUT2D eigenvalue weighted by atomic mass is 9.95. The molecule has 0 saturated carbocycles. The minimum absolute atomic E-state index is 0.310. The molecule has 1 unspecified atom stereocenters. The fourth-order valence-corrected chi connectivity index (χ4v) is 2.29. The fraction of sp³-hybridized carbons (Fsp3) is 0.533. The number of nitrogens with one attached hydrogen (secondary N) is 1. The van der Waals surface area contributed by atoms with Gasteiger partial charge in [0.05, 0.1) is 24.0 Å². The molecule has 0 spiro atoms. The number of hydrogen-bond acceptors (Lipinski definition) is 4. The zero-order chi connectivity index (χ0) is 14.4. The Bertz CT molecular complexity index is 428. The smallest absolute Gasteiger partial charge is 0.337 e. The van der Waals surface area contributed by atoms with Crippen molar-refractivity contribution in [3.05, 3.63) is 23.8 Å². The molecule has 4 nitrogen and oxygen atoms in total. The van der Waals surface area contributed by atoms with Crippen molar-refractivity contribution in [2.75, 3.05) is 18.2 Å². The minimum atomic E-state index is -0.349. The highest BCUT2D eigenvalue weighted by molar-refractivity contribution is 5.91. The van der Waals surface area contributed by atoms with E-state index in [-0.39, 0.29) is 5.97 Å². The molecule has 0 fully saturated rings. The third-order valence-corrected chi connectivity index (χ3v) is 3.61. The summed E-state index contributed by atoms with van der Waals surface area (Å²) in [5.74, 6) is 0.236. The van der Waals surface area contributed by atoms with Gasteiger partial charge < -0.3 is 15.8 Å². The Hall–Kier alpha value is -1.71. The Morgan fingerprint density at radius 1 is 1.37 bits per heavy atom. The standard InChI is InChI=1S/C15H24N2O2/c1-5-11(6-2)10(3)17-14-9-12(15(18)19-4)7-8-13(14)16/h7-11,17H,5-6,16H2,1-4H3. The fourth-order valence-electron chi connectivity index (χ4n) is 2.29. The summed E-state index contributed by atoms with van der Waals surface area (Å²) in [5.41, 5.74) is 7.90. The van der Waals surface area contributed by atoms with E-state index in [0.29, 0.717) is 23.2 Å². The number of benzene rings is 1. The number of carbonyl (C=O) groups excluding carboxylic acids is 1. The number of hydrogen-bond donors (Lipinski definition) is 2. The summed E-state index contributed by atoms with van der Waals surface area (Å²) in [5, 5.41) is 3.40. The summed E-state index contributed by atoms with van der Waals surface area (Å²) >= 11 is 0. The summed E-state index contributed by atoms with van der Waals surface area (Å²) < 4.78 is 4.72. The average molecular weight is 264 g/mol. The topological polar surface area (TPSA) is 64.3 Å². The average Bonchev–Trinajstić information content (AvgIpc) is 2.41. The van der Waals surface area contributed by atoms with Gasteiger partial charge in [-0.15, -0.1) is 0 Å². The maximum atomic E-state index is 11.5. The van der Waals surface area contributed by atoms with Gasteiger partial charge in [0.2, 0.25) is 0 Å². The molecule has 0 amide bonds. The molecule has 0 saturated heterocycles. The molecule has 0 bridgehead atoms. The monoisotopic (exact) mass is 264 g/mol. The van der Waals surface area contributed by atoms with Gasteiger partial charge in [0.1, 0.15) is 0 Å². The number of carbonyl (C=O) groups is 1. The van der Waals surface area contributed by atoms with Crippen LogP contribution in [0.4, 0.5) is 11.4 Å². The minimum Gasteiger partial charge on any atom is -0.465 e. The number of nitrogens with two attached hydrogens (primary N) is 1. The zero-order valence-corrected chi connectivity index (χ0v) is 12.2. The molecule has 3 N–H and O–H groups in total. The summed E-state index contributed by atoms with van der Waals surface area (Å²) in [6, 6.07) is 5.47. The highest BCUT2D eigenvalue weighted by Gasteiger charge is 2.15. The van der Waals surface area contributed by atoms with Crippen LogP contribution < -0.4 is 11.1 Å². The maximum absolute atomic E-state index is 11.5. The van der Waals surface area contributed by atoms with Gasteiger partial charge in [0.25, 0.3) is 0 Å². The molecule has 1 aromatic carbocycles. The molecule has 0 aliphatic carbocycles.